The summed E-state index contributed by atoms with van der Waals surface area (Å²) in [5.41, 5.74) is 1.02. The zero-order valence-corrected chi connectivity index (χ0v) is 21.3. The molecular formula is C29H39NO3S. The third kappa shape index (κ3) is 6.17. The zero-order chi connectivity index (χ0) is 24.1. The van der Waals surface area contributed by atoms with Crippen LogP contribution in [0.5, 0.6) is 5.75 Å². The predicted octanol–water partition coefficient (Wildman–Crippen LogP) is 6.19. The number of thioether (sulfide) groups is 1. The summed E-state index contributed by atoms with van der Waals surface area (Å²) in [5.74, 6) is 3.26. The van der Waals surface area contributed by atoms with Gasteiger partial charge in [0.2, 0.25) is 0 Å². The van der Waals surface area contributed by atoms with E-state index in [1.54, 1.807) is 36.9 Å². The van der Waals surface area contributed by atoms with E-state index in [0.717, 1.165) is 23.2 Å². The standard InChI is InChI=1S/C29H39NO3S/c1-19-15-21-9-6-7-10-22(21)16-23(19)17-28(32)26(18-34-24-11-4-3-5-12-24)30-29(33)25-13-8-14-27(31)20(25)2/h3-5,8,11-14,19,21-23,26,28,31-32H,6-7,9-10,15-18H2,1-2H3,(H,30,33)/t19-,21?,22?,23?,26+,28?/m1/s1. The lowest BCUT2D eigenvalue weighted by Crippen LogP contribution is -2.47. The Morgan fingerprint density at radius 3 is 2.50 bits per heavy atom. The summed E-state index contributed by atoms with van der Waals surface area (Å²) in [6, 6.07) is 14.8. The Morgan fingerprint density at radius 1 is 1.06 bits per heavy atom. The maximum absolute atomic E-state index is 13.1. The molecule has 0 aliphatic heterocycles. The highest BCUT2D eigenvalue weighted by molar-refractivity contribution is 7.99. The number of carbonyl (C=O) groups is 1. The number of amides is 1. The molecule has 0 radical (unpaired) electrons. The van der Waals surface area contributed by atoms with Crippen LogP contribution in [0.4, 0.5) is 0 Å². The van der Waals surface area contributed by atoms with E-state index in [2.05, 4.69) is 24.4 Å². The molecule has 2 fully saturated rings. The number of benzene rings is 2. The molecule has 0 aromatic heterocycles. The number of hydrogen-bond donors (Lipinski definition) is 3. The van der Waals surface area contributed by atoms with Gasteiger partial charge in [-0.05, 0) is 74.1 Å². The molecule has 34 heavy (non-hydrogen) atoms. The van der Waals surface area contributed by atoms with E-state index >= 15 is 0 Å². The van der Waals surface area contributed by atoms with E-state index in [0.29, 0.717) is 28.7 Å². The number of hydrogen-bond acceptors (Lipinski definition) is 4. The van der Waals surface area contributed by atoms with Crippen molar-refractivity contribution in [2.75, 3.05) is 5.75 Å². The molecule has 184 valence electrons. The summed E-state index contributed by atoms with van der Waals surface area (Å²) < 4.78 is 0. The van der Waals surface area contributed by atoms with Crippen LogP contribution in [0, 0.1) is 30.6 Å². The Morgan fingerprint density at radius 2 is 1.76 bits per heavy atom. The number of phenolic OH excluding ortho intramolecular Hbond substituents is 1. The van der Waals surface area contributed by atoms with Crippen molar-refractivity contribution in [1.82, 2.24) is 5.32 Å². The SMILES string of the molecule is Cc1c(O)cccc1C(=O)N[C@@H](CSc1ccccc1)C(O)CC1CC2CCCCC2C[C@H]1C. The molecule has 2 aliphatic rings. The topological polar surface area (TPSA) is 69.6 Å². The molecule has 0 heterocycles. The van der Waals surface area contributed by atoms with Crippen LogP contribution in [-0.2, 0) is 0 Å². The molecule has 1 amide bonds. The van der Waals surface area contributed by atoms with Gasteiger partial charge in [-0.25, -0.2) is 0 Å². The molecule has 2 aliphatic carbocycles. The third-order valence-corrected chi connectivity index (χ3v) is 9.33. The fourth-order valence-electron chi connectivity index (χ4n) is 6.07. The van der Waals surface area contributed by atoms with E-state index in [4.69, 9.17) is 0 Å². The zero-order valence-electron chi connectivity index (χ0n) is 20.5. The molecule has 3 N–H and O–H groups in total. The molecule has 2 saturated carbocycles. The van der Waals surface area contributed by atoms with Crippen LogP contribution in [0.1, 0.15) is 67.8 Å². The predicted molar refractivity (Wildman–Crippen MR) is 139 cm³/mol. The molecule has 4 rings (SSSR count). The van der Waals surface area contributed by atoms with Gasteiger partial charge >= 0.3 is 0 Å². The van der Waals surface area contributed by atoms with Gasteiger partial charge in [-0.15, -0.1) is 11.8 Å². The average molecular weight is 482 g/mol. The molecule has 2 aromatic carbocycles. The molecule has 0 spiro atoms. The van der Waals surface area contributed by atoms with Gasteiger partial charge in [0.15, 0.2) is 0 Å². The normalized spacial score (nSPS) is 26.3. The second-order valence-electron chi connectivity index (χ2n) is 10.5. The minimum Gasteiger partial charge on any atom is -0.508 e. The number of nitrogens with one attached hydrogen (secondary N) is 1. The first-order valence-electron chi connectivity index (χ1n) is 12.9. The van der Waals surface area contributed by atoms with Gasteiger partial charge in [-0.2, -0.15) is 0 Å². The molecule has 4 nitrogen and oxygen atoms in total. The van der Waals surface area contributed by atoms with Crippen molar-refractivity contribution >= 4 is 17.7 Å². The first-order valence-corrected chi connectivity index (χ1v) is 13.9. The lowest BCUT2D eigenvalue weighted by molar-refractivity contribution is 0.0368. The number of aliphatic hydroxyl groups excluding tert-OH is 1. The van der Waals surface area contributed by atoms with Gasteiger partial charge in [-0.3, -0.25) is 4.79 Å². The van der Waals surface area contributed by atoms with Crippen LogP contribution in [0.2, 0.25) is 0 Å². The van der Waals surface area contributed by atoms with Crippen molar-refractivity contribution < 1.29 is 15.0 Å². The van der Waals surface area contributed by atoms with Gasteiger partial charge in [0.25, 0.3) is 5.91 Å². The second kappa shape index (κ2) is 11.6. The number of fused-ring (bicyclic) bond motifs is 1. The van der Waals surface area contributed by atoms with Crippen LogP contribution in [-0.4, -0.2) is 34.0 Å². The highest BCUT2D eigenvalue weighted by Gasteiger charge is 2.38. The number of aliphatic hydroxyl groups is 1. The van der Waals surface area contributed by atoms with Crippen LogP contribution < -0.4 is 5.32 Å². The van der Waals surface area contributed by atoms with E-state index in [1.165, 1.54) is 38.5 Å². The molecule has 0 saturated heterocycles. The van der Waals surface area contributed by atoms with Crippen LogP contribution in [0.25, 0.3) is 0 Å². The van der Waals surface area contributed by atoms with Crippen molar-refractivity contribution in [1.29, 1.82) is 0 Å². The van der Waals surface area contributed by atoms with E-state index in [1.807, 2.05) is 18.2 Å². The van der Waals surface area contributed by atoms with Gasteiger partial charge in [-0.1, -0.05) is 56.9 Å². The Labute approximate surface area is 208 Å². The monoisotopic (exact) mass is 481 g/mol. The molecule has 0 bridgehead atoms. The van der Waals surface area contributed by atoms with Crippen molar-refractivity contribution in [2.24, 2.45) is 23.7 Å². The van der Waals surface area contributed by atoms with Gasteiger partial charge < -0.3 is 15.5 Å². The summed E-state index contributed by atoms with van der Waals surface area (Å²) >= 11 is 1.66. The summed E-state index contributed by atoms with van der Waals surface area (Å²) in [7, 11) is 0. The average Bonchev–Trinajstić information content (AvgIpc) is 2.84. The van der Waals surface area contributed by atoms with Crippen molar-refractivity contribution in [3.8, 4) is 5.75 Å². The summed E-state index contributed by atoms with van der Waals surface area (Å²) in [5, 5.41) is 24.6. The Balaban J connectivity index is 1.46. The molecule has 5 heteroatoms. The fourth-order valence-corrected chi connectivity index (χ4v) is 7.09. The fraction of sp³-hybridized carbons (Fsp3) is 0.552. The second-order valence-corrected chi connectivity index (χ2v) is 11.6. The van der Waals surface area contributed by atoms with Gasteiger partial charge in [0.1, 0.15) is 5.75 Å². The van der Waals surface area contributed by atoms with Crippen LogP contribution in [0.15, 0.2) is 53.4 Å². The summed E-state index contributed by atoms with van der Waals surface area (Å²) in [6.07, 6.45) is 8.04. The lowest BCUT2D eigenvalue weighted by atomic mass is 9.62. The van der Waals surface area contributed by atoms with E-state index in [9.17, 15) is 15.0 Å². The number of carbonyl (C=O) groups excluding carboxylic acids is 1. The maximum atomic E-state index is 13.1. The van der Waals surface area contributed by atoms with E-state index in [-0.39, 0.29) is 17.7 Å². The Hall–Kier alpha value is -1.98. The third-order valence-electron chi connectivity index (χ3n) is 8.20. The first-order chi connectivity index (χ1) is 16.4. The summed E-state index contributed by atoms with van der Waals surface area (Å²) in [4.78, 5) is 14.3. The number of rotatable bonds is 8. The summed E-state index contributed by atoms with van der Waals surface area (Å²) in [6.45, 7) is 4.10. The molecular weight excluding hydrogens is 442 g/mol. The van der Waals surface area contributed by atoms with Crippen LogP contribution in [0.3, 0.4) is 0 Å². The number of phenols is 1. The largest absolute Gasteiger partial charge is 0.508 e. The maximum Gasteiger partial charge on any atom is 0.252 e. The van der Waals surface area contributed by atoms with Crippen molar-refractivity contribution in [3.63, 3.8) is 0 Å². The van der Waals surface area contributed by atoms with Gasteiger partial charge in [0.05, 0.1) is 12.1 Å². The smallest absolute Gasteiger partial charge is 0.252 e. The Bertz CT molecular complexity index is 950. The molecule has 2 aromatic rings. The molecule has 6 atom stereocenters. The highest BCUT2D eigenvalue weighted by atomic mass is 32.2. The molecule has 4 unspecified atom stereocenters. The minimum atomic E-state index is -0.606. The van der Waals surface area contributed by atoms with E-state index < -0.39 is 6.10 Å². The quantitative estimate of drug-likeness (QED) is 0.393. The lowest BCUT2D eigenvalue weighted by Gasteiger charge is -2.44. The van der Waals surface area contributed by atoms with Crippen molar-refractivity contribution in [3.05, 3.63) is 59.7 Å². The highest BCUT2D eigenvalue weighted by Crippen LogP contribution is 2.46. The Kier molecular flexibility index (Phi) is 8.60. The first kappa shape index (κ1) is 25.1. The van der Waals surface area contributed by atoms with Gasteiger partial charge in [0, 0.05) is 21.8 Å². The van der Waals surface area contributed by atoms with Crippen LogP contribution >= 0.6 is 11.8 Å². The van der Waals surface area contributed by atoms with Crippen molar-refractivity contribution in [2.45, 2.75) is 75.8 Å². The number of aromatic hydroxyl groups is 1. The minimum absolute atomic E-state index is 0.112.